The van der Waals surface area contributed by atoms with E-state index in [1.807, 2.05) is 0 Å². The number of rotatable bonds is 8. The molecule has 7 heteroatoms. The Labute approximate surface area is 152 Å². The molecule has 0 heterocycles. The fourth-order valence-corrected chi connectivity index (χ4v) is 2.32. The number of nitrogens with one attached hydrogen (secondary N) is 2. The van der Waals surface area contributed by atoms with Gasteiger partial charge in [0.05, 0.1) is 34.3 Å². The number of hydrogen-bond donors (Lipinski definition) is 2. The zero-order valence-corrected chi connectivity index (χ0v) is 15.0. The Balaban J connectivity index is 1.85. The standard InChI is InChI=1S/C19H22N2O5/c1-24-15-6-4-5-14(11-15)21-19(23)12-20-18(22)10-13-7-8-16(25-2)17(9-13)26-3/h4-9,11H,10,12H2,1-3H3,(H,20,22)(H,21,23). The van der Waals surface area contributed by atoms with Crippen LogP contribution in [0.4, 0.5) is 5.69 Å². The van der Waals surface area contributed by atoms with E-state index < -0.39 is 0 Å². The minimum atomic E-state index is -0.320. The number of carbonyl (C=O) groups is 2. The number of anilines is 1. The molecular formula is C19H22N2O5. The lowest BCUT2D eigenvalue weighted by Crippen LogP contribution is -2.33. The van der Waals surface area contributed by atoms with Crippen molar-refractivity contribution in [1.29, 1.82) is 0 Å². The highest BCUT2D eigenvalue weighted by Gasteiger charge is 2.10. The van der Waals surface area contributed by atoms with Crippen LogP contribution in [-0.4, -0.2) is 39.7 Å². The van der Waals surface area contributed by atoms with Gasteiger partial charge in [0.1, 0.15) is 5.75 Å². The fraction of sp³-hybridized carbons (Fsp3) is 0.263. The van der Waals surface area contributed by atoms with Gasteiger partial charge in [-0.25, -0.2) is 0 Å². The van der Waals surface area contributed by atoms with Crippen molar-refractivity contribution in [2.45, 2.75) is 6.42 Å². The molecule has 2 amide bonds. The highest BCUT2D eigenvalue weighted by molar-refractivity contribution is 5.94. The van der Waals surface area contributed by atoms with Crippen molar-refractivity contribution in [2.75, 3.05) is 33.2 Å². The zero-order chi connectivity index (χ0) is 18.9. The van der Waals surface area contributed by atoms with Crippen LogP contribution >= 0.6 is 0 Å². The predicted molar refractivity (Wildman–Crippen MR) is 97.9 cm³/mol. The average molecular weight is 358 g/mol. The van der Waals surface area contributed by atoms with Crippen LogP contribution in [0.25, 0.3) is 0 Å². The second-order valence-corrected chi connectivity index (χ2v) is 5.42. The molecule has 0 saturated heterocycles. The number of carbonyl (C=O) groups excluding carboxylic acids is 2. The SMILES string of the molecule is COc1cccc(NC(=O)CNC(=O)Cc2ccc(OC)c(OC)c2)c1. The summed E-state index contributed by atoms with van der Waals surface area (Å²) >= 11 is 0. The Kier molecular flexibility index (Phi) is 6.84. The van der Waals surface area contributed by atoms with Gasteiger partial charge in [0.15, 0.2) is 11.5 Å². The minimum absolute atomic E-state index is 0.122. The van der Waals surface area contributed by atoms with Gasteiger partial charge >= 0.3 is 0 Å². The molecule has 0 aromatic heterocycles. The summed E-state index contributed by atoms with van der Waals surface area (Å²) in [6, 6.07) is 12.2. The first-order valence-electron chi connectivity index (χ1n) is 7.97. The molecule has 26 heavy (non-hydrogen) atoms. The molecule has 138 valence electrons. The number of methoxy groups -OCH3 is 3. The summed E-state index contributed by atoms with van der Waals surface area (Å²) in [6.45, 7) is -0.122. The largest absolute Gasteiger partial charge is 0.497 e. The Hall–Kier alpha value is -3.22. The van der Waals surface area contributed by atoms with Gasteiger partial charge in [-0.1, -0.05) is 12.1 Å². The van der Waals surface area contributed by atoms with Gasteiger partial charge in [-0.3, -0.25) is 9.59 Å². The van der Waals surface area contributed by atoms with Gasteiger partial charge in [-0.05, 0) is 29.8 Å². The lowest BCUT2D eigenvalue weighted by atomic mass is 10.1. The van der Waals surface area contributed by atoms with Gasteiger partial charge in [-0.15, -0.1) is 0 Å². The second-order valence-electron chi connectivity index (χ2n) is 5.42. The third-order valence-corrected chi connectivity index (χ3v) is 3.61. The predicted octanol–water partition coefficient (Wildman–Crippen LogP) is 2.01. The van der Waals surface area contributed by atoms with Crippen LogP contribution in [0.15, 0.2) is 42.5 Å². The van der Waals surface area contributed by atoms with Crippen LogP contribution in [-0.2, 0) is 16.0 Å². The van der Waals surface area contributed by atoms with Crippen molar-refractivity contribution in [2.24, 2.45) is 0 Å². The normalized spacial score (nSPS) is 9.96. The molecule has 0 radical (unpaired) electrons. The van der Waals surface area contributed by atoms with E-state index in [9.17, 15) is 9.59 Å². The number of ether oxygens (including phenoxy) is 3. The van der Waals surface area contributed by atoms with E-state index in [0.29, 0.717) is 22.9 Å². The van der Waals surface area contributed by atoms with Crippen molar-refractivity contribution < 1.29 is 23.8 Å². The third-order valence-electron chi connectivity index (χ3n) is 3.61. The summed E-state index contributed by atoms with van der Waals surface area (Å²) in [4.78, 5) is 24.0. The Morgan fingerprint density at radius 3 is 2.35 bits per heavy atom. The molecular weight excluding hydrogens is 336 g/mol. The van der Waals surface area contributed by atoms with E-state index in [1.165, 1.54) is 7.11 Å². The minimum Gasteiger partial charge on any atom is -0.497 e. The van der Waals surface area contributed by atoms with Crippen molar-refractivity contribution in [3.8, 4) is 17.2 Å². The van der Waals surface area contributed by atoms with Crippen LogP contribution in [0.3, 0.4) is 0 Å². The van der Waals surface area contributed by atoms with E-state index in [-0.39, 0.29) is 24.8 Å². The lowest BCUT2D eigenvalue weighted by Gasteiger charge is -2.10. The molecule has 0 aliphatic rings. The molecule has 2 rings (SSSR count). The van der Waals surface area contributed by atoms with Gasteiger partial charge < -0.3 is 24.8 Å². The topological polar surface area (TPSA) is 85.9 Å². The summed E-state index contributed by atoms with van der Waals surface area (Å²) in [6.07, 6.45) is 0.132. The number of hydrogen-bond acceptors (Lipinski definition) is 5. The molecule has 2 aromatic carbocycles. The third kappa shape index (κ3) is 5.41. The molecule has 0 unspecified atom stereocenters. The Morgan fingerprint density at radius 1 is 0.885 bits per heavy atom. The van der Waals surface area contributed by atoms with Gasteiger partial charge in [-0.2, -0.15) is 0 Å². The fourth-order valence-electron chi connectivity index (χ4n) is 2.32. The van der Waals surface area contributed by atoms with Crippen molar-refractivity contribution >= 4 is 17.5 Å². The van der Waals surface area contributed by atoms with Crippen LogP contribution < -0.4 is 24.8 Å². The summed E-state index contributed by atoms with van der Waals surface area (Å²) in [7, 11) is 4.63. The molecule has 0 saturated carbocycles. The summed E-state index contributed by atoms with van der Waals surface area (Å²) in [5.74, 6) is 1.19. The van der Waals surface area contributed by atoms with Crippen LogP contribution in [0.1, 0.15) is 5.56 Å². The molecule has 7 nitrogen and oxygen atoms in total. The maximum Gasteiger partial charge on any atom is 0.243 e. The average Bonchev–Trinajstić information content (AvgIpc) is 2.66. The van der Waals surface area contributed by atoms with Crippen LogP contribution in [0.2, 0.25) is 0 Å². The first-order chi connectivity index (χ1) is 12.5. The van der Waals surface area contributed by atoms with Gasteiger partial charge in [0.2, 0.25) is 11.8 Å². The summed E-state index contributed by atoms with van der Waals surface area (Å²) in [5.41, 5.74) is 1.36. The van der Waals surface area contributed by atoms with Gasteiger partial charge in [0.25, 0.3) is 0 Å². The first-order valence-corrected chi connectivity index (χ1v) is 7.97. The van der Waals surface area contributed by atoms with E-state index in [2.05, 4.69) is 10.6 Å². The maximum atomic E-state index is 12.0. The summed E-state index contributed by atoms with van der Waals surface area (Å²) < 4.78 is 15.5. The van der Waals surface area contributed by atoms with Crippen LogP contribution in [0, 0.1) is 0 Å². The van der Waals surface area contributed by atoms with Crippen LogP contribution in [0.5, 0.6) is 17.2 Å². The molecule has 0 atom stereocenters. The monoisotopic (exact) mass is 358 g/mol. The lowest BCUT2D eigenvalue weighted by molar-refractivity contribution is -0.123. The second kappa shape index (κ2) is 9.31. The molecule has 0 bridgehead atoms. The zero-order valence-electron chi connectivity index (χ0n) is 15.0. The van der Waals surface area contributed by atoms with E-state index in [1.54, 1.807) is 56.7 Å². The van der Waals surface area contributed by atoms with E-state index in [4.69, 9.17) is 14.2 Å². The first kappa shape index (κ1) is 19.1. The van der Waals surface area contributed by atoms with Crippen molar-refractivity contribution in [3.05, 3.63) is 48.0 Å². The van der Waals surface area contributed by atoms with E-state index >= 15 is 0 Å². The van der Waals surface area contributed by atoms with E-state index in [0.717, 1.165) is 5.56 Å². The number of amides is 2. The molecule has 0 fully saturated rings. The highest BCUT2D eigenvalue weighted by Crippen LogP contribution is 2.27. The smallest absolute Gasteiger partial charge is 0.243 e. The Bertz CT molecular complexity index is 776. The number of benzene rings is 2. The molecule has 0 aliphatic heterocycles. The van der Waals surface area contributed by atoms with Crippen molar-refractivity contribution in [1.82, 2.24) is 5.32 Å². The maximum absolute atomic E-state index is 12.0. The highest BCUT2D eigenvalue weighted by atomic mass is 16.5. The molecule has 0 aliphatic carbocycles. The summed E-state index contributed by atoms with van der Waals surface area (Å²) in [5, 5.41) is 5.29. The molecule has 0 spiro atoms. The molecule has 2 aromatic rings. The quantitative estimate of drug-likeness (QED) is 0.754. The Morgan fingerprint density at radius 2 is 1.65 bits per heavy atom. The van der Waals surface area contributed by atoms with Gasteiger partial charge in [0, 0.05) is 11.8 Å². The molecule has 2 N–H and O–H groups in total. The van der Waals surface area contributed by atoms with Crippen molar-refractivity contribution in [3.63, 3.8) is 0 Å².